The molecule has 3 rings (SSSR count). The zero-order valence-electron chi connectivity index (χ0n) is 14.1. The molecule has 0 aliphatic heterocycles. The SMILES string of the molecule is N[C@@H](Cc1cccc(NC(=O)c2cc(-c3ccn[nH]3)ccc2F)c1)C(=O)O. The van der Waals surface area contributed by atoms with E-state index in [1.54, 1.807) is 42.6 Å². The molecule has 8 heteroatoms. The Labute approximate surface area is 154 Å². The van der Waals surface area contributed by atoms with Gasteiger partial charge in [-0.2, -0.15) is 5.10 Å². The molecular formula is C19H17FN4O3. The van der Waals surface area contributed by atoms with Gasteiger partial charge in [-0.1, -0.05) is 12.1 Å². The normalized spacial score (nSPS) is 11.8. The van der Waals surface area contributed by atoms with Crippen molar-refractivity contribution in [3.05, 3.63) is 71.7 Å². The standard InChI is InChI=1S/C19H17FN4O3/c20-15-5-4-12(17-6-7-22-24-17)10-14(15)18(25)23-13-3-1-2-11(8-13)9-16(21)19(26)27/h1-8,10,16H,9,21H2,(H,22,24)(H,23,25)(H,26,27)/t16-/m0/s1. The Bertz CT molecular complexity index is 973. The fourth-order valence-corrected chi connectivity index (χ4v) is 2.60. The van der Waals surface area contributed by atoms with Crippen molar-refractivity contribution in [2.24, 2.45) is 5.73 Å². The molecule has 0 radical (unpaired) electrons. The van der Waals surface area contributed by atoms with Crippen molar-refractivity contribution < 1.29 is 19.1 Å². The maximum absolute atomic E-state index is 14.1. The number of H-pyrrole nitrogens is 1. The summed E-state index contributed by atoms with van der Waals surface area (Å²) in [5.41, 5.74) is 7.76. The summed E-state index contributed by atoms with van der Waals surface area (Å²) in [6.07, 6.45) is 1.68. The Hall–Kier alpha value is -3.52. The highest BCUT2D eigenvalue weighted by Crippen LogP contribution is 2.21. The minimum absolute atomic E-state index is 0.114. The maximum Gasteiger partial charge on any atom is 0.320 e. The van der Waals surface area contributed by atoms with Crippen molar-refractivity contribution in [3.63, 3.8) is 0 Å². The monoisotopic (exact) mass is 368 g/mol. The van der Waals surface area contributed by atoms with Crippen LogP contribution in [-0.2, 0) is 11.2 Å². The maximum atomic E-state index is 14.1. The number of rotatable bonds is 6. The second-order valence-electron chi connectivity index (χ2n) is 5.97. The molecule has 0 bridgehead atoms. The van der Waals surface area contributed by atoms with Gasteiger partial charge in [0, 0.05) is 17.4 Å². The molecule has 1 heterocycles. The molecule has 0 saturated carbocycles. The van der Waals surface area contributed by atoms with Gasteiger partial charge < -0.3 is 16.2 Å². The number of carboxylic acid groups (broad SMARTS) is 1. The zero-order valence-corrected chi connectivity index (χ0v) is 14.1. The Kier molecular flexibility index (Phi) is 5.28. The molecule has 1 aromatic heterocycles. The molecule has 7 nitrogen and oxygen atoms in total. The topological polar surface area (TPSA) is 121 Å². The number of nitrogens with zero attached hydrogens (tertiary/aromatic N) is 1. The number of hydrogen-bond donors (Lipinski definition) is 4. The third-order valence-corrected chi connectivity index (χ3v) is 3.98. The van der Waals surface area contributed by atoms with Crippen molar-refractivity contribution in [2.75, 3.05) is 5.32 Å². The number of aliphatic carboxylic acids is 1. The van der Waals surface area contributed by atoms with Gasteiger partial charge in [-0.3, -0.25) is 14.7 Å². The molecule has 2 aromatic carbocycles. The number of amides is 1. The Morgan fingerprint density at radius 2 is 2.04 bits per heavy atom. The number of halogens is 1. The second kappa shape index (κ2) is 7.79. The number of nitrogens with two attached hydrogens (primary N) is 1. The van der Waals surface area contributed by atoms with E-state index in [0.717, 1.165) is 0 Å². The van der Waals surface area contributed by atoms with Crippen LogP contribution in [0.4, 0.5) is 10.1 Å². The summed E-state index contributed by atoms with van der Waals surface area (Å²) in [5.74, 6) is -2.38. The fraction of sp³-hybridized carbons (Fsp3) is 0.105. The molecule has 0 aliphatic rings. The number of hydrogen-bond acceptors (Lipinski definition) is 4. The quantitative estimate of drug-likeness (QED) is 0.532. The third kappa shape index (κ3) is 4.36. The molecule has 0 spiro atoms. The van der Waals surface area contributed by atoms with Crippen LogP contribution in [-0.4, -0.2) is 33.2 Å². The molecule has 0 fully saturated rings. The van der Waals surface area contributed by atoms with E-state index in [0.29, 0.717) is 22.5 Å². The summed E-state index contributed by atoms with van der Waals surface area (Å²) in [7, 11) is 0. The van der Waals surface area contributed by atoms with Crippen LogP contribution in [0.2, 0.25) is 0 Å². The predicted molar refractivity (Wildman–Crippen MR) is 97.7 cm³/mol. The van der Waals surface area contributed by atoms with Crippen molar-refractivity contribution in [2.45, 2.75) is 12.5 Å². The van der Waals surface area contributed by atoms with Gasteiger partial charge in [0.1, 0.15) is 11.9 Å². The minimum atomic E-state index is -1.11. The van der Waals surface area contributed by atoms with E-state index in [-0.39, 0.29) is 12.0 Å². The van der Waals surface area contributed by atoms with Crippen LogP contribution in [0.1, 0.15) is 15.9 Å². The number of carbonyl (C=O) groups is 2. The molecule has 3 aromatic rings. The average Bonchev–Trinajstić information content (AvgIpc) is 3.17. The van der Waals surface area contributed by atoms with Crippen LogP contribution in [0.15, 0.2) is 54.7 Å². The molecule has 27 heavy (non-hydrogen) atoms. The average molecular weight is 368 g/mol. The fourth-order valence-electron chi connectivity index (χ4n) is 2.60. The summed E-state index contributed by atoms with van der Waals surface area (Å²) in [6.45, 7) is 0. The Morgan fingerprint density at radius 1 is 1.22 bits per heavy atom. The van der Waals surface area contributed by atoms with E-state index in [1.165, 1.54) is 12.1 Å². The number of carbonyl (C=O) groups excluding carboxylic acids is 1. The third-order valence-electron chi connectivity index (χ3n) is 3.98. The number of benzene rings is 2. The molecule has 1 amide bonds. The highest BCUT2D eigenvalue weighted by atomic mass is 19.1. The van der Waals surface area contributed by atoms with E-state index in [2.05, 4.69) is 15.5 Å². The van der Waals surface area contributed by atoms with E-state index in [9.17, 15) is 14.0 Å². The largest absolute Gasteiger partial charge is 0.480 e. The summed E-state index contributed by atoms with van der Waals surface area (Å²) >= 11 is 0. The highest BCUT2D eigenvalue weighted by molar-refractivity contribution is 6.05. The summed E-state index contributed by atoms with van der Waals surface area (Å²) < 4.78 is 14.1. The molecule has 138 valence electrons. The Morgan fingerprint density at radius 3 is 2.74 bits per heavy atom. The summed E-state index contributed by atoms with van der Waals surface area (Å²) in [5, 5.41) is 18.1. The van der Waals surface area contributed by atoms with Gasteiger partial charge in [0.25, 0.3) is 5.91 Å². The van der Waals surface area contributed by atoms with Gasteiger partial charge in [0.15, 0.2) is 0 Å². The van der Waals surface area contributed by atoms with Gasteiger partial charge >= 0.3 is 5.97 Å². The van der Waals surface area contributed by atoms with Crippen molar-refractivity contribution in [1.82, 2.24) is 10.2 Å². The van der Waals surface area contributed by atoms with Crippen LogP contribution in [0, 0.1) is 5.82 Å². The molecule has 0 saturated heterocycles. The number of carboxylic acids is 1. The zero-order chi connectivity index (χ0) is 19.4. The van der Waals surface area contributed by atoms with Gasteiger partial charge in [-0.25, -0.2) is 4.39 Å². The summed E-state index contributed by atoms with van der Waals surface area (Å²) in [4.78, 5) is 23.4. The highest BCUT2D eigenvalue weighted by Gasteiger charge is 2.15. The van der Waals surface area contributed by atoms with Crippen LogP contribution in [0.25, 0.3) is 11.3 Å². The molecule has 0 unspecified atom stereocenters. The van der Waals surface area contributed by atoms with Gasteiger partial charge in [-0.05, 0) is 48.4 Å². The number of aromatic nitrogens is 2. The van der Waals surface area contributed by atoms with Crippen molar-refractivity contribution in [3.8, 4) is 11.3 Å². The van der Waals surface area contributed by atoms with Crippen LogP contribution in [0.5, 0.6) is 0 Å². The number of anilines is 1. The lowest BCUT2D eigenvalue weighted by atomic mass is 10.1. The van der Waals surface area contributed by atoms with E-state index < -0.39 is 23.7 Å². The predicted octanol–water partition coefficient (Wildman–Crippen LogP) is 2.42. The van der Waals surface area contributed by atoms with Crippen LogP contribution < -0.4 is 11.1 Å². The lowest BCUT2D eigenvalue weighted by Gasteiger charge is -2.10. The van der Waals surface area contributed by atoms with Crippen molar-refractivity contribution in [1.29, 1.82) is 0 Å². The van der Waals surface area contributed by atoms with Gasteiger partial charge in [0.2, 0.25) is 0 Å². The molecule has 0 aliphatic carbocycles. The van der Waals surface area contributed by atoms with Crippen LogP contribution in [0.3, 0.4) is 0 Å². The van der Waals surface area contributed by atoms with Gasteiger partial charge in [0.05, 0.1) is 11.3 Å². The van der Waals surface area contributed by atoms with E-state index >= 15 is 0 Å². The number of aromatic amines is 1. The van der Waals surface area contributed by atoms with E-state index in [1.807, 2.05) is 0 Å². The minimum Gasteiger partial charge on any atom is -0.480 e. The second-order valence-corrected chi connectivity index (χ2v) is 5.97. The first-order valence-electron chi connectivity index (χ1n) is 8.12. The first-order chi connectivity index (χ1) is 12.9. The smallest absolute Gasteiger partial charge is 0.320 e. The van der Waals surface area contributed by atoms with E-state index in [4.69, 9.17) is 10.8 Å². The lowest BCUT2D eigenvalue weighted by Crippen LogP contribution is -2.32. The van der Waals surface area contributed by atoms with Crippen molar-refractivity contribution >= 4 is 17.6 Å². The Balaban J connectivity index is 1.79. The first kappa shape index (κ1) is 18.3. The first-order valence-corrected chi connectivity index (χ1v) is 8.12. The van der Waals surface area contributed by atoms with Gasteiger partial charge in [-0.15, -0.1) is 0 Å². The summed E-state index contributed by atoms with van der Waals surface area (Å²) in [6, 6.07) is 11.5. The van der Waals surface area contributed by atoms with Crippen LogP contribution >= 0.6 is 0 Å². The molecular weight excluding hydrogens is 351 g/mol. The molecule has 1 atom stereocenters. The molecule has 5 N–H and O–H groups in total. The lowest BCUT2D eigenvalue weighted by molar-refractivity contribution is -0.138. The number of nitrogens with one attached hydrogen (secondary N) is 2.